The van der Waals surface area contributed by atoms with E-state index < -0.39 is 0 Å². The predicted molar refractivity (Wildman–Crippen MR) is 105 cm³/mol. The fourth-order valence-corrected chi connectivity index (χ4v) is 4.58. The smallest absolute Gasteiger partial charge is 0.317 e. The van der Waals surface area contributed by atoms with Crippen LogP contribution in [0.5, 0.6) is 0 Å². The summed E-state index contributed by atoms with van der Waals surface area (Å²) in [7, 11) is 0. The molecule has 8 heteroatoms. The Morgan fingerprint density at radius 1 is 1.38 bits per heavy atom. The van der Waals surface area contributed by atoms with Crippen LogP contribution in [-0.2, 0) is 6.42 Å². The lowest BCUT2D eigenvalue weighted by molar-refractivity contribution is 0.0567. The molecule has 0 radical (unpaired) electrons. The minimum atomic E-state index is -0.332. The molecule has 26 heavy (non-hydrogen) atoms. The highest BCUT2D eigenvalue weighted by Crippen LogP contribution is 2.24. The van der Waals surface area contributed by atoms with Gasteiger partial charge in [-0.1, -0.05) is 0 Å². The van der Waals surface area contributed by atoms with E-state index in [-0.39, 0.29) is 18.2 Å². The van der Waals surface area contributed by atoms with Crippen LogP contribution in [0.15, 0.2) is 5.38 Å². The number of carbonyl (C=O) groups is 1. The first kappa shape index (κ1) is 19.4. The Morgan fingerprint density at radius 3 is 2.85 bits per heavy atom. The van der Waals surface area contributed by atoms with Crippen LogP contribution in [0.3, 0.4) is 0 Å². The quantitative estimate of drug-likeness (QED) is 0.779. The summed E-state index contributed by atoms with van der Waals surface area (Å²) in [4.78, 5) is 23.6. The Labute approximate surface area is 160 Å². The molecule has 2 amide bonds. The zero-order valence-electron chi connectivity index (χ0n) is 15.9. The number of piperazine rings is 1. The third-order valence-electron chi connectivity index (χ3n) is 5.12. The standard InChI is InChI=1S/C18H31N5O2S/c1-14-11-23(10-9-22(14)12-15(2)24)17(25)19-6-5-16-13-26-18(20-16)21-7-3-4-8-21/h13-15,24H,3-12H2,1-2H3,(H,19,25)/t14-,15-/m0/s1. The third-order valence-corrected chi connectivity index (χ3v) is 6.07. The van der Waals surface area contributed by atoms with Gasteiger partial charge >= 0.3 is 6.03 Å². The lowest BCUT2D eigenvalue weighted by Gasteiger charge is -2.40. The molecule has 1 aromatic heterocycles. The van der Waals surface area contributed by atoms with Crippen molar-refractivity contribution in [3.8, 4) is 0 Å². The second-order valence-corrected chi connectivity index (χ2v) is 8.27. The summed E-state index contributed by atoms with van der Waals surface area (Å²) in [6.45, 7) is 9.64. The molecule has 2 atom stereocenters. The molecular formula is C18H31N5O2S. The maximum atomic E-state index is 12.4. The number of hydrogen-bond donors (Lipinski definition) is 2. The van der Waals surface area contributed by atoms with Crippen molar-refractivity contribution in [3.63, 3.8) is 0 Å². The van der Waals surface area contributed by atoms with Gasteiger partial charge in [0.25, 0.3) is 0 Å². The highest BCUT2D eigenvalue weighted by atomic mass is 32.1. The molecule has 0 saturated carbocycles. The molecule has 0 bridgehead atoms. The van der Waals surface area contributed by atoms with E-state index in [1.54, 1.807) is 18.3 Å². The number of nitrogens with one attached hydrogen (secondary N) is 1. The molecule has 0 unspecified atom stereocenters. The summed E-state index contributed by atoms with van der Waals surface area (Å²) in [6.07, 6.45) is 2.96. The van der Waals surface area contributed by atoms with Crippen molar-refractivity contribution >= 4 is 22.5 Å². The number of nitrogens with zero attached hydrogens (tertiary/aromatic N) is 4. The van der Waals surface area contributed by atoms with Gasteiger partial charge in [-0.25, -0.2) is 9.78 Å². The van der Waals surface area contributed by atoms with Gasteiger partial charge in [-0.2, -0.15) is 0 Å². The molecule has 0 aromatic carbocycles. The number of carbonyl (C=O) groups excluding carboxylic acids is 1. The largest absolute Gasteiger partial charge is 0.392 e. The molecule has 1 aromatic rings. The van der Waals surface area contributed by atoms with Crippen molar-refractivity contribution in [2.45, 2.75) is 45.3 Å². The van der Waals surface area contributed by atoms with Crippen LogP contribution < -0.4 is 10.2 Å². The van der Waals surface area contributed by atoms with Gasteiger partial charge in [0.1, 0.15) is 0 Å². The second kappa shape index (κ2) is 9.01. The Balaban J connectivity index is 1.39. The summed E-state index contributed by atoms with van der Waals surface area (Å²) < 4.78 is 0. The van der Waals surface area contributed by atoms with E-state index in [1.807, 2.05) is 4.90 Å². The van der Waals surface area contributed by atoms with Crippen LogP contribution in [0, 0.1) is 0 Å². The van der Waals surface area contributed by atoms with Crippen LogP contribution in [0.4, 0.5) is 9.93 Å². The fraction of sp³-hybridized carbons (Fsp3) is 0.778. The average molecular weight is 382 g/mol. The molecule has 3 rings (SSSR count). The first-order valence-electron chi connectivity index (χ1n) is 9.67. The highest BCUT2D eigenvalue weighted by Gasteiger charge is 2.27. The molecule has 0 aliphatic carbocycles. The van der Waals surface area contributed by atoms with E-state index >= 15 is 0 Å². The van der Waals surface area contributed by atoms with Crippen molar-refractivity contribution in [2.24, 2.45) is 0 Å². The molecule has 0 spiro atoms. The van der Waals surface area contributed by atoms with Crippen LogP contribution >= 0.6 is 11.3 Å². The van der Waals surface area contributed by atoms with Crippen LogP contribution in [0.1, 0.15) is 32.4 Å². The molecule has 2 fully saturated rings. The SMILES string of the molecule is C[C@H](O)CN1CCN(C(=O)NCCc2csc(N3CCCC3)n2)C[C@@H]1C. The predicted octanol–water partition coefficient (Wildman–Crippen LogP) is 1.38. The van der Waals surface area contributed by atoms with Gasteiger partial charge in [-0.15, -0.1) is 11.3 Å². The normalized spacial score (nSPS) is 22.7. The molecule has 2 N–H and O–H groups in total. The topological polar surface area (TPSA) is 71.9 Å². The van der Waals surface area contributed by atoms with Gasteiger partial charge in [0.2, 0.25) is 0 Å². The van der Waals surface area contributed by atoms with Crippen molar-refractivity contribution < 1.29 is 9.90 Å². The van der Waals surface area contributed by atoms with Crippen molar-refractivity contribution in [3.05, 3.63) is 11.1 Å². The molecule has 2 aliphatic heterocycles. The third kappa shape index (κ3) is 5.08. The summed E-state index contributed by atoms with van der Waals surface area (Å²) in [5.74, 6) is 0. The number of anilines is 1. The van der Waals surface area contributed by atoms with Crippen LogP contribution in [0.2, 0.25) is 0 Å². The molecule has 7 nitrogen and oxygen atoms in total. The number of aliphatic hydroxyl groups excluding tert-OH is 1. The number of β-amino-alcohol motifs (C(OH)–C–C–N with tert-alkyl or cyclic N) is 1. The number of aliphatic hydroxyl groups is 1. The lowest BCUT2D eigenvalue weighted by Crippen LogP contribution is -2.57. The van der Waals surface area contributed by atoms with Gasteiger partial charge in [0.15, 0.2) is 5.13 Å². The number of rotatable bonds is 6. The molecule has 2 saturated heterocycles. The average Bonchev–Trinajstić information content (AvgIpc) is 3.27. The van der Waals surface area contributed by atoms with Gasteiger partial charge < -0.3 is 20.2 Å². The number of urea groups is 1. The number of aromatic nitrogens is 1. The van der Waals surface area contributed by atoms with Gasteiger partial charge in [0.05, 0.1) is 11.8 Å². The number of amides is 2. The van der Waals surface area contributed by atoms with Crippen molar-refractivity contribution in [1.29, 1.82) is 0 Å². The van der Waals surface area contributed by atoms with Gasteiger partial charge in [0, 0.05) is 63.7 Å². The molecule has 2 aliphatic rings. The Morgan fingerprint density at radius 2 is 2.15 bits per heavy atom. The Bertz CT molecular complexity index is 588. The molecule has 146 valence electrons. The molecular weight excluding hydrogens is 350 g/mol. The number of hydrogen-bond acceptors (Lipinski definition) is 6. The molecule has 3 heterocycles. The lowest BCUT2D eigenvalue weighted by atomic mass is 10.2. The maximum absolute atomic E-state index is 12.4. The number of thiazole rings is 1. The van der Waals surface area contributed by atoms with E-state index in [9.17, 15) is 9.90 Å². The highest BCUT2D eigenvalue weighted by molar-refractivity contribution is 7.13. The Hall–Kier alpha value is -1.38. The van der Waals surface area contributed by atoms with Crippen LogP contribution in [0.25, 0.3) is 0 Å². The fourth-order valence-electron chi connectivity index (χ4n) is 3.66. The van der Waals surface area contributed by atoms with E-state index in [1.165, 1.54) is 12.8 Å². The van der Waals surface area contributed by atoms with Crippen LogP contribution in [-0.4, -0.2) is 83.9 Å². The minimum Gasteiger partial charge on any atom is -0.392 e. The summed E-state index contributed by atoms with van der Waals surface area (Å²) in [5, 5.41) is 15.8. The first-order chi connectivity index (χ1) is 12.5. The van der Waals surface area contributed by atoms with Crippen molar-refractivity contribution in [2.75, 3.05) is 50.7 Å². The monoisotopic (exact) mass is 381 g/mol. The Kier molecular flexibility index (Phi) is 6.72. The van der Waals surface area contributed by atoms with E-state index in [2.05, 4.69) is 27.4 Å². The first-order valence-corrected chi connectivity index (χ1v) is 10.5. The summed E-state index contributed by atoms with van der Waals surface area (Å²) in [6, 6.07) is 0.272. The minimum absolute atomic E-state index is 0.00328. The van der Waals surface area contributed by atoms with E-state index in [4.69, 9.17) is 4.98 Å². The van der Waals surface area contributed by atoms with Gasteiger partial charge in [-0.3, -0.25) is 4.90 Å². The second-order valence-electron chi connectivity index (χ2n) is 7.44. The zero-order chi connectivity index (χ0) is 18.5. The van der Waals surface area contributed by atoms with E-state index in [0.717, 1.165) is 36.9 Å². The van der Waals surface area contributed by atoms with Crippen molar-refractivity contribution in [1.82, 2.24) is 20.1 Å². The summed E-state index contributed by atoms with van der Waals surface area (Å²) >= 11 is 1.70. The van der Waals surface area contributed by atoms with Gasteiger partial charge in [-0.05, 0) is 26.7 Å². The zero-order valence-corrected chi connectivity index (χ0v) is 16.7. The maximum Gasteiger partial charge on any atom is 0.317 e. The summed E-state index contributed by atoms with van der Waals surface area (Å²) in [5.41, 5.74) is 1.06. The van der Waals surface area contributed by atoms with E-state index in [0.29, 0.717) is 26.2 Å².